The number of rotatable bonds is 2. The number of carbonyl (C=O) groups is 2. The van der Waals surface area contributed by atoms with Gasteiger partial charge in [-0.05, 0) is 32.8 Å². The lowest BCUT2D eigenvalue weighted by Crippen LogP contribution is -2.53. The van der Waals surface area contributed by atoms with Crippen molar-refractivity contribution in [3.05, 3.63) is 17.5 Å². The zero-order chi connectivity index (χ0) is 18.0. The molecule has 2 N–H and O–H groups in total. The lowest BCUT2D eigenvalue weighted by Gasteiger charge is -2.38. The van der Waals surface area contributed by atoms with Crippen LogP contribution in [0.25, 0.3) is 0 Å². The van der Waals surface area contributed by atoms with Crippen LogP contribution in [-0.4, -0.2) is 71.0 Å². The van der Waals surface area contributed by atoms with Crippen molar-refractivity contribution in [1.29, 1.82) is 0 Å². The van der Waals surface area contributed by atoms with Crippen molar-refractivity contribution in [1.82, 2.24) is 19.8 Å². The topological polar surface area (TPSA) is 95.7 Å². The number of hydrogen-bond acceptors (Lipinski definition) is 5. The number of carbonyl (C=O) groups excluding carboxylic acids is 2. The average molecular weight is 346 g/mol. The molecule has 25 heavy (non-hydrogen) atoms. The van der Waals surface area contributed by atoms with Crippen molar-refractivity contribution < 1.29 is 9.59 Å². The standard InChI is InChI=1S/C17H26N6O2/c1-12-10-13(2)20-17(19-12)22-8-6-21(7-9-22)15(24)14-4-3-5-23(11-14)16(18)25/h10,14H,3-9,11H2,1-2H3,(H2,18,25). The summed E-state index contributed by atoms with van der Waals surface area (Å²) in [6.45, 7) is 7.77. The molecule has 1 aromatic rings. The second-order valence-electron chi connectivity index (χ2n) is 6.89. The number of aryl methyl sites for hydroxylation is 2. The van der Waals surface area contributed by atoms with Gasteiger partial charge in [0.1, 0.15) is 0 Å². The van der Waals surface area contributed by atoms with Crippen LogP contribution in [0.1, 0.15) is 24.2 Å². The maximum Gasteiger partial charge on any atom is 0.314 e. The second-order valence-corrected chi connectivity index (χ2v) is 6.89. The Morgan fingerprint density at radius 3 is 2.28 bits per heavy atom. The molecule has 1 aromatic heterocycles. The fourth-order valence-corrected chi connectivity index (χ4v) is 3.61. The number of urea groups is 1. The highest BCUT2D eigenvalue weighted by molar-refractivity contribution is 5.81. The zero-order valence-electron chi connectivity index (χ0n) is 14.9. The smallest absolute Gasteiger partial charge is 0.314 e. The molecule has 3 rings (SSSR count). The van der Waals surface area contributed by atoms with E-state index in [0.717, 1.165) is 43.3 Å². The summed E-state index contributed by atoms with van der Waals surface area (Å²) >= 11 is 0. The minimum atomic E-state index is -0.436. The summed E-state index contributed by atoms with van der Waals surface area (Å²) in [5.41, 5.74) is 7.26. The number of likely N-dealkylation sites (tertiary alicyclic amines) is 1. The lowest BCUT2D eigenvalue weighted by atomic mass is 9.96. The van der Waals surface area contributed by atoms with Crippen LogP contribution in [0, 0.1) is 19.8 Å². The van der Waals surface area contributed by atoms with Crippen molar-refractivity contribution in [2.45, 2.75) is 26.7 Å². The Balaban J connectivity index is 1.58. The van der Waals surface area contributed by atoms with Gasteiger partial charge in [-0.3, -0.25) is 4.79 Å². The Morgan fingerprint density at radius 1 is 1.04 bits per heavy atom. The molecule has 3 heterocycles. The quantitative estimate of drug-likeness (QED) is 0.843. The lowest BCUT2D eigenvalue weighted by molar-refractivity contribution is -0.137. The van der Waals surface area contributed by atoms with Gasteiger partial charge in [0.15, 0.2) is 0 Å². The number of piperazine rings is 1. The first kappa shape index (κ1) is 17.4. The second kappa shape index (κ2) is 7.25. The van der Waals surface area contributed by atoms with Crippen molar-refractivity contribution in [3.63, 3.8) is 0 Å². The largest absolute Gasteiger partial charge is 0.351 e. The number of piperidine rings is 1. The molecule has 0 saturated carbocycles. The van der Waals surface area contributed by atoms with Crippen LogP contribution >= 0.6 is 0 Å². The molecule has 2 aliphatic heterocycles. The molecule has 0 radical (unpaired) electrons. The van der Waals surface area contributed by atoms with Gasteiger partial charge in [-0.1, -0.05) is 0 Å². The van der Waals surface area contributed by atoms with Gasteiger partial charge in [0.05, 0.1) is 5.92 Å². The van der Waals surface area contributed by atoms with Crippen LogP contribution in [0.3, 0.4) is 0 Å². The van der Waals surface area contributed by atoms with Gasteiger partial charge in [0, 0.05) is 50.7 Å². The normalized spacial score (nSPS) is 21.4. The molecule has 136 valence electrons. The molecule has 0 spiro atoms. The van der Waals surface area contributed by atoms with Crippen molar-refractivity contribution in [3.8, 4) is 0 Å². The number of aromatic nitrogens is 2. The first-order chi connectivity index (χ1) is 11.9. The number of amides is 3. The number of nitrogens with two attached hydrogens (primary N) is 1. The summed E-state index contributed by atoms with van der Waals surface area (Å²) in [6.07, 6.45) is 1.65. The van der Waals surface area contributed by atoms with Gasteiger partial charge in [0.2, 0.25) is 11.9 Å². The Hall–Kier alpha value is -2.38. The highest BCUT2D eigenvalue weighted by atomic mass is 16.2. The fraction of sp³-hybridized carbons (Fsp3) is 0.647. The van der Waals surface area contributed by atoms with Gasteiger partial charge < -0.3 is 20.4 Å². The third kappa shape index (κ3) is 4.00. The molecule has 1 atom stereocenters. The summed E-state index contributed by atoms with van der Waals surface area (Å²) < 4.78 is 0. The summed E-state index contributed by atoms with van der Waals surface area (Å²) in [4.78, 5) is 38.7. The fourth-order valence-electron chi connectivity index (χ4n) is 3.61. The van der Waals surface area contributed by atoms with E-state index in [9.17, 15) is 9.59 Å². The van der Waals surface area contributed by atoms with Gasteiger partial charge in [0.25, 0.3) is 0 Å². The Morgan fingerprint density at radius 2 is 1.68 bits per heavy atom. The number of nitrogens with zero attached hydrogens (tertiary/aromatic N) is 5. The number of hydrogen-bond donors (Lipinski definition) is 1. The third-order valence-electron chi connectivity index (χ3n) is 4.93. The Labute approximate surface area is 148 Å². The third-order valence-corrected chi connectivity index (χ3v) is 4.93. The minimum absolute atomic E-state index is 0.131. The van der Waals surface area contributed by atoms with Crippen LogP contribution < -0.4 is 10.6 Å². The maximum atomic E-state index is 12.8. The molecule has 0 bridgehead atoms. The summed E-state index contributed by atoms with van der Waals surface area (Å²) in [7, 11) is 0. The van der Waals surface area contributed by atoms with Crippen LogP contribution in [0.5, 0.6) is 0 Å². The highest BCUT2D eigenvalue weighted by Crippen LogP contribution is 2.20. The monoisotopic (exact) mass is 346 g/mol. The molecule has 8 heteroatoms. The van der Waals surface area contributed by atoms with Crippen molar-refractivity contribution >= 4 is 17.9 Å². The molecule has 2 fully saturated rings. The van der Waals surface area contributed by atoms with Gasteiger partial charge in [-0.15, -0.1) is 0 Å². The summed E-state index contributed by atoms with van der Waals surface area (Å²) in [6, 6.07) is 1.52. The van der Waals surface area contributed by atoms with Crippen LogP contribution in [0.4, 0.5) is 10.7 Å². The van der Waals surface area contributed by atoms with E-state index in [1.807, 2.05) is 24.8 Å². The number of anilines is 1. The van der Waals surface area contributed by atoms with E-state index < -0.39 is 6.03 Å². The SMILES string of the molecule is Cc1cc(C)nc(N2CCN(C(=O)C3CCCN(C(N)=O)C3)CC2)n1. The van der Waals surface area contributed by atoms with E-state index in [2.05, 4.69) is 14.9 Å². The molecular weight excluding hydrogens is 320 g/mol. The average Bonchev–Trinajstić information content (AvgIpc) is 2.60. The molecule has 2 saturated heterocycles. The van der Waals surface area contributed by atoms with Gasteiger partial charge in [-0.25, -0.2) is 14.8 Å². The molecule has 1 unspecified atom stereocenters. The Bertz CT molecular complexity index is 636. The molecule has 8 nitrogen and oxygen atoms in total. The van der Waals surface area contributed by atoms with Gasteiger partial charge in [-0.2, -0.15) is 0 Å². The molecule has 0 aromatic carbocycles. The van der Waals surface area contributed by atoms with Crippen LogP contribution in [0.2, 0.25) is 0 Å². The summed E-state index contributed by atoms with van der Waals surface area (Å²) in [5.74, 6) is 0.736. The first-order valence-electron chi connectivity index (χ1n) is 8.84. The van der Waals surface area contributed by atoms with Crippen molar-refractivity contribution in [2.75, 3.05) is 44.2 Å². The van der Waals surface area contributed by atoms with E-state index in [-0.39, 0.29) is 11.8 Å². The first-order valence-corrected chi connectivity index (χ1v) is 8.84. The molecular formula is C17H26N6O2. The maximum absolute atomic E-state index is 12.8. The predicted molar refractivity (Wildman–Crippen MR) is 94.2 cm³/mol. The van der Waals surface area contributed by atoms with E-state index in [1.165, 1.54) is 0 Å². The minimum Gasteiger partial charge on any atom is -0.351 e. The van der Waals surface area contributed by atoms with E-state index in [1.54, 1.807) is 4.90 Å². The van der Waals surface area contributed by atoms with E-state index in [4.69, 9.17) is 5.73 Å². The molecule has 3 amide bonds. The zero-order valence-corrected chi connectivity index (χ0v) is 14.9. The van der Waals surface area contributed by atoms with Crippen LogP contribution in [-0.2, 0) is 4.79 Å². The molecule has 2 aliphatic rings. The highest BCUT2D eigenvalue weighted by Gasteiger charge is 2.32. The van der Waals surface area contributed by atoms with E-state index >= 15 is 0 Å². The van der Waals surface area contributed by atoms with Gasteiger partial charge >= 0.3 is 6.03 Å². The van der Waals surface area contributed by atoms with Crippen LogP contribution in [0.15, 0.2) is 6.07 Å². The molecule has 0 aliphatic carbocycles. The summed E-state index contributed by atoms with van der Waals surface area (Å²) in [5, 5.41) is 0. The van der Waals surface area contributed by atoms with Crippen molar-refractivity contribution in [2.24, 2.45) is 11.7 Å². The van der Waals surface area contributed by atoms with E-state index in [0.29, 0.717) is 26.2 Å². The predicted octanol–water partition coefficient (Wildman–Crippen LogP) is 0.533. The number of primary amides is 1. The Kier molecular flexibility index (Phi) is 5.06.